The number of rotatable bonds is 19. The van der Waals surface area contributed by atoms with Crippen molar-refractivity contribution in [1.82, 2.24) is 34.9 Å². The molecule has 66 heavy (non-hydrogen) atoms. The van der Waals surface area contributed by atoms with Gasteiger partial charge in [0.15, 0.2) is 11.4 Å². The van der Waals surface area contributed by atoms with Crippen molar-refractivity contribution in [2.45, 2.75) is 57.2 Å². The smallest absolute Gasteiger partial charge is 0.389 e. The van der Waals surface area contributed by atoms with Crippen LogP contribution < -0.4 is 10.6 Å². The average Bonchev–Trinajstić information content (AvgIpc) is 4.02. The van der Waals surface area contributed by atoms with Gasteiger partial charge in [-0.05, 0) is 79.8 Å². The number of alkyl halides is 5. The maximum Gasteiger partial charge on any atom is 0.389 e. The van der Waals surface area contributed by atoms with E-state index in [-0.39, 0.29) is 91.2 Å². The number of oxazole rings is 1. The maximum atomic E-state index is 14.0. The molecule has 0 bridgehead atoms. The summed E-state index contributed by atoms with van der Waals surface area (Å²) < 4.78 is 83.8. The molecule has 2 aliphatic heterocycles. The number of piperidine rings is 1. The molecule has 0 spiro atoms. The van der Waals surface area contributed by atoms with Gasteiger partial charge in [-0.1, -0.05) is 6.07 Å². The SMILES string of the molecule is CN(CCOCCOCCCc1ccc2c(c1)C(=O)N(C1CCC(=O)NC1=O)C2=O)C(=O)c1ccc(-n2cc(NC(=O)c3coc(-c4ccnc(CCC(F)(F)F)c4)n3)c(C(F)F)n2)cc1. The Bertz CT molecular complexity index is 2630. The van der Waals surface area contributed by atoms with E-state index in [1.807, 2.05) is 0 Å². The summed E-state index contributed by atoms with van der Waals surface area (Å²) in [5.74, 6) is -3.58. The molecule has 17 nitrogen and oxygen atoms in total. The van der Waals surface area contributed by atoms with Crippen molar-refractivity contribution < 1.29 is 64.6 Å². The molecule has 1 atom stereocenters. The van der Waals surface area contributed by atoms with Gasteiger partial charge < -0.3 is 24.1 Å². The van der Waals surface area contributed by atoms with E-state index in [0.29, 0.717) is 30.7 Å². The summed E-state index contributed by atoms with van der Waals surface area (Å²) in [4.78, 5) is 86.2. The number of hydrogen-bond donors (Lipinski definition) is 2. The second-order valence-electron chi connectivity index (χ2n) is 15.2. The van der Waals surface area contributed by atoms with Gasteiger partial charge in [0.25, 0.3) is 30.1 Å². The number of aryl methyl sites for hydroxylation is 2. The number of carbonyl (C=O) groups excluding carboxylic acids is 6. The molecule has 3 aromatic heterocycles. The molecule has 0 saturated carbocycles. The van der Waals surface area contributed by atoms with E-state index < -0.39 is 60.3 Å². The van der Waals surface area contributed by atoms with Crippen LogP contribution in [0.25, 0.3) is 17.1 Å². The summed E-state index contributed by atoms with van der Waals surface area (Å²) in [7, 11) is 1.59. The van der Waals surface area contributed by atoms with Crippen LogP contribution in [0.5, 0.6) is 0 Å². The van der Waals surface area contributed by atoms with E-state index in [9.17, 15) is 50.7 Å². The van der Waals surface area contributed by atoms with Gasteiger partial charge in [0.2, 0.25) is 17.7 Å². The standard InChI is InChI=1S/C44H41F5N8O9/c1-55(16-18-65-20-19-64-17-2-3-25-4-9-30-31(21-25)43(63)57(42(30)62)34-10-11-35(58)53-39(34)60)41(61)26-5-7-29(8-6-26)56-23-32(36(54-56)37(45)46)51-38(59)33-24-66-40(52-33)27-13-15-50-28(22-27)12-14-44(47,48)49/h4-9,13,15,21-24,34,37H,2-3,10-12,14,16-20H2,1H3,(H,51,59)(H,53,58,60). The van der Waals surface area contributed by atoms with Gasteiger partial charge in [-0.25, -0.2) is 18.4 Å². The largest absolute Gasteiger partial charge is 0.444 e. The third kappa shape index (κ3) is 11.2. The Morgan fingerprint density at radius 3 is 2.42 bits per heavy atom. The topological polar surface area (TPSA) is 208 Å². The van der Waals surface area contributed by atoms with E-state index >= 15 is 0 Å². The fourth-order valence-corrected chi connectivity index (χ4v) is 7.15. The molecule has 7 rings (SSSR count). The number of pyridine rings is 1. The highest BCUT2D eigenvalue weighted by atomic mass is 19.4. The lowest BCUT2D eigenvalue weighted by Gasteiger charge is -2.27. The lowest BCUT2D eigenvalue weighted by Crippen LogP contribution is -2.54. The number of imide groups is 2. The van der Waals surface area contributed by atoms with Gasteiger partial charge in [0, 0.05) is 56.1 Å². The Morgan fingerprint density at radius 2 is 1.70 bits per heavy atom. The normalized spacial score (nSPS) is 15.1. The van der Waals surface area contributed by atoms with Crippen LogP contribution in [0.3, 0.4) is 0 Å². The van der Waals surface area contributed by atoms with Crippen molar-refractivity contribution in [2.24, 2.45) is 0 Å². The number of likely N-dealkylation sites (N-methyl/N-ethyl adjacent to an activating group) is 1. The molecule has 6 amide bonds. The van der Waals surface area contributed by atoms with Crippen LogP contribution in [0.1, 0.15) is 90.6 Å². The Kier molecular flexibility index (Phi) is 14.4. The lowest BCUT2D eigenvalue weighted by atomic mass is 10.0. The maximum absolute atomic E-state index is 14.0. The van der Waals surface area contributed by atoms with Gasteiger partial charge in [0.05, 0.1) is 48.5 Å². The van der Waals surface area contributed by atoms with E-state index in [0.717, 1.165) is 21.4 Å². The van der Waals surface area contributed by atoms with Crippen molar-refractivity contribution in [1.29, 1.82) is 0 Å². The summed E-state index contributed by atoms with van der Waals surface area (Å²) in [5, 5.41) is 8.44. The van der Waals surface area contributed by atoms with Gasteiger partial charge in [0.1, 0.15) is 12.3 Å². The van der Waals surface area contributed by atoms with Gasteiger partial charge in [-0.2, -0.15) is 18.3 Å². The van der Waals surface area contributed by atoms with Crippen LogP contribution in [-0.2, 0) is 31.9 Å². The predicted octanol–water partition coefficient (Wildman–Crippen LogP) is 5.75. The van der Waals surface area contributed by atoms with Crippen LogP contribution in [0, 0.1) is 0 Å². The van der Waals surface area contributed by atoms with Crippen LogP contribution >= 0.6 is 0 Å². The van der Waals surface area contributed by atoms with Crippen molar-refractivity contribution in [3.8, 4) is 17.1 Å². The summed E-state index contributed by atoms with van der Waals surface area (Å²) in [5.41, 5.74) is 0.892. The summed E-state index contributed by atoms with van der Waals surface area (Å²) >= 11 is 0. The molecule has 5 heterocycles. The minimum Gasteiger partial charge on any atom is -0.444 e. The van der Waals surface area contributed by atoms with Gasteiger partial charge in [-0.3, -0.25) is 44.0 Å². The third-order valence-corrected chi connectivity index (χ3v) is 10.6. The lowest BCUT2D eigenvalue weighted by molar-refractivity contribution is -0.136. The fourth-order valence-electron chi connectivity index (χ4n) is 7.15. The Balaban J connectivity index is 0.822. The highest BCUT2D eigenvalue weighted by Crippen LogP contribution is 2.30. The number of nitrogens with zero attached hydrogens (tertiary/aromatic N) is 6. The Hall–Kier alpha value is -7.20. The van der Waals surface area contributed by atoms with Crippen LogP contribution in [0.2, 0.25) is 0 Å². The number of amides is 6. The molecule has 2 aromatic carbocycles. The van der Waals surface area contributed by atoms with E-state index in [1.165, 1.54) is 53.7 Å². The number of aromatic nitrogens is 4. The van der Waals surface area contributed by atoms with Crippen molar-refractivity contribution in [3.05, 3.63) is 113 Å². The first-order valence-electron chi connectivity index (χ1n) is 20.6. The van der Waals surface area contributed by atoms with Gasteiger partial charge >= 0.3 is 6.18 Å². The first-order chi connectivity index (χ1) is 31.6. The fraction of sp³-hybridized carbons (Fsp3) is 0.341. The minimum absolute atomic E-state index is 0.0391. The first-order valence-corrected chi connectivity index (χ1v) is 20.6. The molecule has 0 aliphatic carbocycles. The molecule has 1 saturated heterocycles. The molecule has 346 valence electrons. The van der Waals surface area contributed by atoms with Crippen molar-refractivity contribution in [3.63, 3.8) is 0 Å². The van der Waals surface area contributed by atoms with E-state index in [2.05, 4.69) is 25.7 Å². The molecule has 2 aliphatic rings. The average molecular weight is 921 g/mol. The molecule has 2 N–H and O–H groups in total. The zero-order valence-corrected chi connectivity index (χ0v) is 35.1. The summed E-state index contributed by atoms with van der Waals surface area (Å²) in [6.07, 6.45) is -4.20. The van der Waals surface area contributed by atoms with Crippen molar-refractivity contribution in [2.75, 3.05) is 45.3 Å². The number of carbonyl (C=O) groups is 6. The molecule has 5 aromatic rings. The van der Waals surface area contributed by atoms with E-state index in [4.69, 9.17) is 13.9 Å². The van der Waals surface area contributed by atoms with Gasteiger partial charge in [-0.15, -0.1) is 0 Å². The molecule has 1 fully saturated rings. The second-order valence-corrected chi connectivity index (χ2v) is 15.2. The molecule has 22 heteroatoms. The Labute approximate surface area is 372 Å². The van der Waals surface area contributed by atoms with E-state index in [1.54, 1.807) is 25.2 Å². The minimum atomic E-state index is -4.38. The zero-order chi connectivity index (χ0) is 47.1. The highest BCUT2D eigenvalue weighted by Gasteiger charge is 2.44. The summed E-state index contributed by atoms with van der Waals surface area (Å²) in [6, 6.07) is 12.7. The van der Waals surface area contributed by atoms with Crippen LogP contribution in [0.15, 0.2) is 77.7 Å². The van der Waals surface area contributed by atoms with Crippen LogP contribution in [-0.4, -0.2) is 117 Å². The zero-order valence-electron chi connectivity index (χ0n) is 35.1. The number of fused-ring (bicyclic) bond motifs is 1. The number of halogens is 5. The highest BCUT2D eigenvalue weighted by molar-refractivity contribution is 6.23. The summed E-state index contributed by atoms with van der Waals surface area (Å²) in [6.45, 7) is 1.41. The molecule has 0 radical (unpaired) electrons. The monoisotopic (exact) mass is 920 g/mol. The molecular weight excluding hydrogens is 880 g/mol. The first kappa shape index (κ1) is 46.8. The number of benzene rings is 2. The number of ether oxygens (including phenoxy) is 2. The number of anilines is 1. The quantitative estimate of drug-likeness (QED) is 0.0577. The van der Waals surface area contributed by atoms with Crippen molar-refractivity contribution >= 4 is 41.1 Å². The number of nitrogens with one attached hydrogen (secondary N) is 2. The Morgan fingerprint density at radius 1 is 0.955 bits per heavy atom. The second kappa shape index (κ2) is 20.3. The molecular formula is C44H41F5N8O9. The predicted molar refractivity (Wildman–Crippen MR) is 221 cm³/mol. The number of hydrogen-bond acceptors (Lipinski definition) is 12. The molecule has 1 unspecified atom stereocenters. The third-order valence-electron chi connectivity index (χ3n) is 10.6. The van der Waals surface area contributed by atoms with Crippen LogP contribution in [0.4, 0.5) is 27.6 Å².